The van der Waals surface area contributed by atoms with Gasteiger partial charge in [-0.25, -0.2) is 4.79 Å². The number of benzene rings is 1. The summed E-state index contributed by atoms with van der Waals surface area (Å²) in [5.74, 6) is -0.795. The van der Waals surface area contributed by atoms with Gasteiger partial charge in [-0.3, -0.25) is 4.99 Å². The molecule has 1 rings (SSSR count). The Bertz CT molecular complexity index is 513. The summed E-state index contributed by atoms with van der Waals surface area (Å²) in [5, 5.41) is 8.41. The molecule has 0 aliphatic rings. The monoisotopic (exact) mass is 255 g/mol. The third-order valence-corrected chi connectivity index (χ3v) is 2.69. The van der Waals surface area contributed by atoms with E-state index in [2.05, 4.69) is 30.6 Å². The molecular weight excluding hydrogens is 238 g/mol. The van der Waals surface area contributed by atoms with Gasteiger partial charge in [-0.05, 0) is 17.2 Å². The van der Waals surface area contributed by atoms with Crippen molar-refractivity contribution in [1.82, 2.24) is 0 Å². The minimum atomic E-state index is -1.01. The summed E-state index contributed by atoms with van der Waals surface area (Å²) < 4.78 is 0. The third-order valence-electron chi connectivity index (χ3n) is 2.69. The van der Waals surface area contributed by atoms with E-state index in [1.165, 1.54) is 11.8 Å². The number of carboxylic acid groups (broad SMARTS) is 1. The first kappa shape index (κ1) is 14.6. The lowest BCUT2D eigenvalue weighted by atomic mass is 9.93. The predicted molar refractivity (Wildman–Crippen MR) is 78.4 cm³/mol. The van der Waals surface area contributed by atoms with Crippen molar-refractivity contribution >= 4 is 12.2 Å². The van der Waals surface area contributed by atoms with E-state index in [1.807, 2.05) is 24.3 Å². The van der Waals surface area contributed by atoms with Crippen LogP contribution in [-0.4, -0.2) is 17.3 Å². The highest BCUT2D eigenvalue weighted by atomic mass is 16.4. The number of hydrogen-bond donors (Lipinski definition) is 1. The molecule has 3 nitrogen and oxygen atoms in total. The summed E-state index contributed by atoms with van der Waals surface area (Å²) >= 11 is 0. The molecule has 0 spiro atoms. The van der Waals surface area contributed by atoms with Crippen LogP contribution in [-0.2, 0) is 4.79 Å². The Balaban J connectivity index is 2.77. The Morgan fingerprint density at radius 1 is 1.37 bits per heavy atom. The molecule has 3 heteroatoms. The van der Waals surface area contributed by atoms with Crippen molar-refractivity contribution in [3.63, 3.8) is 0 Å². The molecule has 0 amide bonds. The first-order valence-corrected chi connectivity index (χ1v) is 5.95. The summed E-state index contributed by atoms with van der Waals surface area (Å²) in [4.78, 5) is 14.1. The van der Waals surface area contributed by atoms with Gasteiger partial charge < -0.3 is 5.11 Å². The number of carbonyl (C=O) groups is 1. The van der Waals surface area contributed by atoms with Gasteiger partial charge in [0.25, 0.3) is 0 Å². The Morgan fingerprint density at radius 2 is 2.05 bits per heavy atom. The van der Waals surface area contributed by atoms with Crippen LogP contribution in [0, 0.1) is 0 Å². The summed E-state index contributed by atoms with van der Waals surface area (Å²) in [7, 11) is 0. The lowest BCUT2D eigenvalue weighted by Crippen LogP contribution is -1.96. The second-order valence-corrected chi connectivity index (χ2v) is 3.96. The molecule has 19 heavy (non-hydrogen) atoms. The van der Waals surface area contributed by atoms with Gasteiger partial charge in [-0.15, -0.1) is 0 Å². The van der Waals surface area contributed by atoms with E-state index in [1.54, 1.807) is 12.3 Å². The first-order valence-electron chi connectivity index (χ1n) is 5.95. The van der Waals surface area contributed by atoms with E-state index < -0.39 is 5.97 Å². The van der Waals surface area contributed by atoms with Crippen LogP contribution < -0.4 is 0 Å². The zero-order valence-corrected chi connectivity index (χ0v) is 10.9. The molecule has 0 saturated carbocycles. The topological polar surface area (TPSA) is 49.7 Å². The van der Waals surface area contributed by atoms with Crippen molar-refractivity contribution in [1.29, 1.82) is 0 Å². The van der Waals surface area contributed by atoms with Crippen LogP contribution >= 0.6 is 0 Å². The molecule has 0 aliphatic carbocycles. The molecule has 1 aromatic rings. The normalized spacial score (nSPS) is 13.8. The fraction of sp³-hybridized carbons (Fsp3) is 0.125. The molecule has 0 bridgehead atoms. The van der Waals surface area contributed by atoms with Crippen LogP contribution in [0.3, 0.4) is 0 Å². The maximum absolute atomic E-state index is 10.3. The standard InChI is InChI=1S/C16H17NO2/c1-3-14(9-11-17-12-10-16(18)19)13(2)15-7-5-4-6-8-15/h3-13H,1H2,2H3,(H,18,19)/b12-10+,14-9+,17-11+. The minimum Gasteiger partial charge on any atom is -0.478 e. The van der Waals surface area contributed by atoms with E-state index in [9.17, 15) is 4.79 Å². The Labute approximate surface area is 113 Å². The lowest BCUT2D eigenvalue weighted by Gasteiger charge is -2.12. The van der Waals surface area contributed by atoms with Gasteiger partial charge in [0.2, 0.25) is 0 Å². The number of aliphatic imine (C=N–C) groups is 1. The number of carboxylic acids is 1. The quantitative estimate of drug-likeness (QED) is 0.480. The molecule has 1 N–H and O–H groups in total. The first-order chi connectivity index (χ1) is 9.15. The SMILES string of the molecule is C=C\C(=C/C=N/C=C/C(=O)O)C(C)c1ccccc1. The van der Waals surface area contributed by atoms with Gasteiger partial charge >= 0.3 is 5.97 Å². The summed E-state index contributed by atoms with van der Waals surface area (Å²) in [6.45, 7) is 5.88. The molecule has 0 saturated heterocycles. The van der Waals surface area contributed by atoms with Crippen molar-refractivity contribution in [3.05, 3.63) is 72.5 Å². The van der Waals surface area contributed by atoms with Crippen LogP contribution in [0.25, 0.3) is 0 Å². The van der Waals surface area contributed by atoms with Crippen LogP contribution in [0.15, 0.2) is 71.9 Å². The molecular formula is C16H17NO2. The maximum atomic E-state index is 10.3. The van der Waals surface area contributed by atoms with Gasteiger partial charge in [0, 0.05) is 24.4 Å². The molecule has 1 aromatic carbocycles. The molecule has 98 valence electrons. The van der Waals surface area contributed by atoms with Crippen LogP contribution in [0.1, 0.15) is 18.4 Å². The second kappa shape index (κ2) is 7.82. The predicted octanol–water partition coefficient (Wildman–Crippen LogP) is 3.57. The molecule has 0 fully saturated rings. The Kier molecular flexibility index (Phi) is 6.03. The Morgan fingerprint density at radius 3 is 2.63 bits per heavy atom. The largest absolute Gasteiger partial charge is 0.478 e. The minimum absolute atomic E-state index is 0.216. The van der Waals surface area contributed by atoms with Crippen molar-refractivity contribution in [2.75, 3.05) is 0 Å². The summed E-state index contributed by atoms with van der Waals surface area (Å²) in [6, 6.07) is 10.1. The van der Waals surface area contributed by atoms with E-state index in [0.29, 0.717) is 0 Å². The smallest absolute Gasteiger partial charge is 0.329 e. The van der Waals surface area contributed by atoms with Crippen molar-refractivity contribution in [2.24, 2.45) is 4.99 Å². The van der Waals surface area contributed by atoms with E-state index in [-0.39, 0.29) is 5.92 Å². The van der Waals surface area contributed by atoms with Crippen LogP contribution in [0.2, 0.25) is 0 Å². The molecule has 0 heterocycles. The fourth-order valence-corrected chi connectivity index (χ4v) is 1.61. The molecule has 0 aliphatic heterocycles. The van der Waals surface area contributed by atoms with Gasteiger partial charge in [0.05, 0.1) is 0 Å². The summed E-state index contributed by atoms with van der Waals surface area (Å²) in [5.41, 5.74) is 2.22. The zero-order chi connectivity index (χ0) is 14.1. The van der Waals surface area contributed by atoms with Crippen molar-refractivity contribution in [2.45, 2.75) is 12.8 Å². The van der Waals surface area contributed by atoms with Gasteiger partial charge in [-0.2, -0.15) is 0 Å². The highest BCUT2D eigenvalue weighted by molar-refractivity contribution is 5.80. The van der Waals surface area contributed by atoms with Crippen LogP contribution in [0.4, 0.5) is 0 Å². The number of allylic oxidation sites excluding steroid dienone is 3. The number of nitrogens with zero attached hydrogens (tertiary/aromatic N) is 1. The van der Waals surface area contributed by atoms with Gasteiger partial charge in [0.15, 0.2) is 0 Å². The average molecular weight is 255 g/mol. The highest BCUT2D eigenvalue weighted by Crippen LogP contribution is 2.23. The summed E-state index contributed by atoms with van der Waals surface area (Å²) in [6.07, 6.45) is 7.41. The van der Waals surface area contributed by atoms with E-state index in [0.717, 1.165) is 11.6 Å². The third kappa shape index (κ3) is 5.17. The lowest BCUT2D eigenvalue weighted by molar-refractivity contribution is -0.131. The molecule has 1 atom stereocenters. The number of aliphatic carboxylic acids is 1. The maximum Gasteiger partial charge on any atom is 0.329 e. The number of rotatable bonds is 6. The fourth-order valence-electron chi connectivity index (χ4n) is 1.61. The highest BCUT2D eigenvalue weighted by Gasteiger charge is 2.06. The molecule has 0 radical (unpaired) electrons. The van der Waals surface area contributed by atoms with Crippen molar-refractivity contribution < 1.29 is 9.90 Å². The zero-order valence-electron chi connectivity index (χ0n) is 10.9. The van der Waals surface area contributed by atoms with E-state index >= 15 is 0 Å². The van der Waals surface area contributed by atoms with E-state index in [4.69, 9.17) is 5.11 Å². The van der Waals surface area contributed by atoms with Crippen LogP contribution in [0.5, 0.6) is 0 Å². The van der Waals surface area contributed by atoms with Gasteiger partial charge in [-0.1, -0.05) is 49.9 Å². The average Bonchev–Trinajstić information content (AvgIpc) is 2.43. The Hall–Kier alpha value is -2.42. The van der Waals surface area contributed by atoms with Gasteiger partial charge in [0.1, 0.15) is 0 Å². The second-order valence-electron chi connectivity index (χ2n) is 3.96. The molecule has 0 aromatic heterocycles. The molecule has 1 unspecified atom stereocenters. The number of hydrogen-bond acceptors (Lipinski definition) is 2. The van der Waals surface area contributed by atoms with Crippen molar-refractivity contribution in [3.8, 4) is 0 Å².